The number of ether oxygens (including phenoxy) is 1. The minimum Gasteiger partial charge on any atom is -0.453 e. The Kier molecular flexibility index (Phi) is 4.52. The average molecular weight is 370 g/mol. The highest BCUT2D eigenvalue weighted by Crippen LogP contribution is 2.13. The van der Waals surface area contributed by atoms with Gasteiger partial charge in [0.05, 0.1) is 22.5 Å². The number of hydrogen-bond acceptors (Lipinski definition) is 6. The van der Waals surface area contributed by atoms with Crippen molar-refractivity contribution in [2.24, 2.45) is 0 Å². The summed E-state index contributed by atoms with van der Waals surface area (Å²) >= 11 is 0. The number of aromatic nitrogens is 3. The predicted octanol–water partition coefficient (Wildman–Crippen LogP) is 2.83. The summed E-state index contributed by atoms with van der Waals surface area (Å²) in [6, 6.07) is 19.6. The van der Waals surface area contributed by atoms with Gasteiger partial charge in [-0.3, -0.25) is 9.36 Å². The number of carbonyl (C=O) groups is 1. The Morgan fingerprint density at radius 3 is 2.57 bits per heavy atom. The summed E-state index contributed by atoms with van der Waals surface area (Å²) in [5.41, 5.74) is 0.981. The summed E-state index contributed by atoms with van der Waals surface area (Å²) in [5.74, 6) is -0.420. The fraction of sp³-hybridized carbons (Fsp3) is 0.0952. The SMILES string of the molecule is N#CCn1c(COC(=O)c2ccc3ccccc3n2)nc2ccccc2c1=O. The lowest BCUT2D eigenvalue weighted by Gasteiger charge is -2.11. The molecule has 0 unspecified atom stereocenters. The summed E-state index contributed by atoms with van der Waals surface area (Å²) in [6.07, 6.45) is 0. The van der Waals surface area contributed by atoms with Crippen LogP contribution in [0.5, 0.6) is 0 Å². The molecule has 0 aliphatic heterocycles. The standard InChI is InChI=1S/C21H14N4O3/c22-11-12-25-19(24-17-8-4-2-6-15(17)20(25)26)13-28-21(27)18-10-9-14-5-1-3-7-16(14)23-18/h1-10H,12-13H2. The highest BCUT2D eigenvalue weighted by molar-refractivity contribution is 5.91. The first kappa shape index (κ1) is 17.4. The van der Waals surface area contributed by atoms with Gasteiger partial charge in [-0.1, -0.05) is 36.4 Å². The topological polar surface area (TPSA) is 97.9 Å². The van der Waals surface area contributed by atoms with Gasteiger partial charge in [-0.15, -0.1) is 0 Å². The van der Waals surface area contributed by atoms with Crippen LogP contribution in [0.3, 0.4) is 0 Å². The molecule has 0 atom stereocenters. The Hall–Kier alpha value is -4.05. The number of esters is 1. The van der Waals surface area contributed by atoms with E-state index in [1.165, 1.54) is 4.57 Å². The van der Waals surface area contributed by atoms with Crippen molar-refractivity contribution in [3.63, 3.8) is 0 Å². The van der Waals surface area contributed by atoms with Gasteiger partial charge >= 0.3 is 5.97 Å². The molecule has 0 fully saturated rings. The molecule has 0 N–H and O–H groups in total. The third-order valence-corrected chi connectivity index (χ3v) is 4.31. The number of rotatable bonds is 4. The van der Waals surface area contributed by atoms with E-state index in [1.807, 2.05) is 30.3 Å². The van der Waals surface area contributed by atoms with E-state index in [0.29, 0.717) is 16.4 Å². The van der Waals surface area contributed by atoms with Crippen molar-refractivity contribution >= 4 is 27.8 Å². The number of carbonyl (C=O) groups excluding carboxylic acids is 1. The second-order valence-electron chi connectivity index (χ2n) is 6.06. The maximum atomic E-state index is 12.6. The molecule has 4 rings (SSSR count). The Labute approximate surface area is 159 Å². The smallest absolute Gasteiger partial charge is 0.357 e. The zero-order chi connectivity index (χ0) is 19.5. The van der Waals surface area contributed by atoms with Gasteiger partial charge in [0, 0.05) is 5.39 Å². The van der Waals surface area contributed by atoms with Gasteiger partial charge in [-0.05, 0) is 24.3 Å². The zero-order valence-electron chi connectivity index (χ0n) is 14.7. The Bertz CT molecular complexity index is 1300. The van der Waals surface area contributed by atoms with Crippen LogP contribution in [-0.4, -0.2) is 20.5 Å². The van der Waals surface area contributed by atoms with Crippen LogP contribution >= 0.6 is 0 Å². The second kappa shape index (κ2) is 7.29. The molecule has 136 valence electrons. The number of hydrogen-bond donors (Lipinski definition) is 0. The number of benzene rings is 2. The lowest BCUT2D eigenvalue weighted by Crippen LogP contribution is -2.26. The van der Waals surface area contributed by atoms with Crippen LogP contribution in [-0.2, 0) is 17.9 Å². The molecule has 2 aromatic heterocycles. The quantitative estimate of drug-likeness (QED) is 0.512. The van der Waals surface area contributed by atoms with E-state index < -0.39 is 5.97 Å². The molecule has 2 heterocycles. The highest BCUT2D eigenvalue weighted by Gasteiger charge is 2.15. The number of nitriles is 1. The van der Waals surface area contributed by atoms with E-state index in [4.69, 9.17) is 10.00 Å². The molecule has 0 aliphatic carbocycles. The van der Waals surface area contributed by atoms with Crippen molar-refractivity contribution in [1.82, 2.24) is 14.5 Å². The molecule has 2 aromatic carbocycles. The van der Waals surface area contributed by atoms with E-state index in [-0.39, 0.29) is 30.2 Å². The largest absolute Gasteiger partial charge is 0.453 e. The summed E-state index contributed by atoms with van der Waals surface area (Å²) in [7, 11) is 0. The Morgan fingerprint density at radius 2 is 1.75 bits per heavy atom. The molecule has 7 nitrogen and oxygen atoms in total. The second-order valence-corrected chi connectivity index (χ2v) is 6.06. The van der Waals surface area contributed by atoms with Crippen molar-refractivity contribution in [1.29, 1.82) is 5.26 Å². The van der Waals surface area contributed by atoms with Crippen molar-refractivity contribution in [3.8, 4) is 6.07 Å². The van der Waals surface area contributed by atoms with E-state index in [0.717, 1.165) is 5.39 Å². The molecule has 7 heteroatoms. The monoisotopic (exact) mass is 370 g/mol. The molecular weight excluding hydrogens is 356 g/mol. The first-order valence-corrected chi connectivity index (χ1v) is 8.56. The number of pyridine rings is 1. The molecule has 28 heavy (non-hydrogen) atoms. The van der Waals surface area contributed by atoms with Crippen LogP contribution in [0.1, 0.15) is 16.3 Å². The lowest BCUT2D eigenvalue weighted by molar-refractivity contribution is 0.0450. The molecule has 0 saturated carbocycles. The van der Waals surface area contributed by atoms with Gasteiger partial charge < -0.3 is 4.74 Å². The van der Waals surface area contributed by atoms with Crippen LogP contribution in [0.25, 0.3) is 21.8 Å². The van der Waals surface area contributed by atoms with Gasteiger partial charge in [0.2, 0.25) is 0 Å². The van der Waals surface area contributed by atoms with E-state index in [2.05, 4.69) is 9.97 Å². The summed E-state index contributed by atoms with van der Waals surface area (Å²) in [5, 5.41) is 10.4. The minimum atomic E-state index is -0.628. The summed E-state index contributed by atoms with van der Waals surface area (Å²) in [4.78, 5) is 33.7. The maximum absolute atomic E-state index is 12.6. The molecule has 0 radical (unpaired) electrons. The predicted molar refractivity (Wildman–Crippen MR) is 102 cm³/mol. The molecule has 0 saturated heterocycles. The lowest BCUT2D eigenvalue weighted by atomic mass is 10.2. The first-order valence-electron chi connectivity index (χ1n) is 8.56. The van der Waals surface area contributed by atoms with Gasteiger partial charge in [-0.2, -0.15) is 5.26 Å². The van der Waals surface area contributed by atoms with Gasteiger partial charge in [0.25, 0.3) is 5.56 Å². The molecule has 0 bridgehead atoms. The number of nitrogens with zero attached hydrogens (tertiary/aromatic N) is 4. The Balaban J connectivity index is 1.64. The first-order chi connectivity index (χ1) is 13.7. The fourth-order valence-corrected chi connectivity index (χ4v) is 2.94. The van der Waals surface area contributed by atoms with Crippen molar-refractivity contribution in [3.05, 3.63) is 82.5 Å². The van der Waals surface area contributed by atoms with Crippen LogP contribution in [0, 0.1) is 11.3 Å². The molecule has 4 aromatic rings. The third-order valence-electron chi connectivity index (χ3n) is 4.31. The van der Waals surface area contributed by atoms with E-state index in [9.17, 15) is 9.59 Å². The van der Waals surface area contributed by atoms with Crippen molar-refractivity contribution in [2.75, 3.05) is 0 Å². The number of para-hydroxylation sites is 2. The molecular formula is C21H14N4O3. The fourth-order valence-electron chi connectivity index (χ4n) is 2.94. The van der Waals surface area contributed by atoms with Gasteiger partial charge in [0.1, 0.15) is 18.8 Å². The van der Waals surface area contributed by atoms with Crippen molar-refractivity contribution < 1.29 is 9.53 Å². The van der Waals surface area contributed by atoms with Gasteiger partial charge in [0.15, 0.2) is 5.82 Å². The van der Waals surface area contributed by atoms with Crippen LogP contribution in [0.4, 0.5) is 0 Å². The zero-order valence-corrected chi connectivity index (χ0v) is 14.7. The maximum Gasteiger partial charge on any atom is 0.357 e. The Morgan fingerprint density at radius 1 is 1.00 bits per heavy atom. The molecule has 0 aliphatic rings. The van der Waals surface area contributed by atoms with Gasteiger partial charge in [-0.25, -0.2) is 14.8 Å². The third kappa shape index (κ3) is 3.19. The van der Waals surface area contributed by atoms with Crippen molar-refractivity contribution in [2.45, 2.75) is 13.2 Å². The van der Waals surface area contributed by atoms with E-state index in [1.54, 1.807) is 36.4 Å². The summed E-state index contributed by atoms with van der Waals surface area (Å²) < 4.78 is 6.53. The van der Waals surface area contributed by atoms with E-state index >= 15 is 0 Å². The molecule has 0 amide bonds. The van der Waals surface area contributed by atoms with Crippen LogP contribution < -0.4 is 5.56 Å². The highest BCUT2D eigenvalue weighted by atomic mass is 16.5. The normalized spacial score (nSPS) is 10.7. The van der Waals surface area contributed by atoms with Crippen LogP contribution in [0.2, 0.25) is 0 Å². The summed E-state index contributed by atoms with van der Waals surface area (Å²) in [6.45, 7) is -0.424. The minimum absolute atomic E-state index is 0.161. The number of fused-ring (bicyclic) bond motifs is 2. The average Bonchev–Trinajstić information content (AvgIpc) is 2.74. The molecule has 0 spiro atoms. The van der Waals surface area contributed by atoms with Crippen LogP contribution in [0.15, 0.2) is 65.5 Å².